The number of aryl methyl sites for hydroxylation is 1. The normalized spacial score (nSPS) is 13.6. The van der Waals surface area contributed by atoms with Crippen molar-refractivity contribution in [1.82, 2.24) is 9.88 Å². The maximum absolute atomic E-state index is 13.0. The summed E-state index contributed by atoms with van der Waals surface area (Å²) in [6, 6.07) is 10.2. The molecule has 0 radical (unpaired) electrons. The van der Waals surface area contributed by atoms with Crippen LogP contribution in [0.25, 0.3) is 9.88 Å². The molecule has 0 unspecified atom stereocenters. The van der Waals surface area contributed by atoms with Crippen LogP contribution in [-0.4, -0.2) is 29.4 Å². The van der Waals surface area contributed by atoms with Crippen molar-refractivity contribution in [2.45, 2.75) is 19.9 Å². The average Bonchev–Trinajstić information content (AvgIpc) is 3.29. The highest BCUT2D eigenvalue weighted by molar-refractivity contribution is 7.22. The van der Waals surface area contributed by atoms with Gasteiger partial charge in [0.25, 0.3) is 5.91 Å². The first-order valence-electron chi connectivity index (χ1n) is 8.12. The van der Waals surface area contributed by atoms with Gasteiger partial charge in [0.05, 0.1) is 17.7 Å². The van der Waals surface area contributed by atoms with Crippen LogP contribution in [0.1, 0.15) is 26.5 Å². The molecule has 0 N–H and O–H groups in total. The number of hydrogen-bond acceptors (Lipinski definition) is 5. The van der Waals surface area contributed by atoms with Crippen molar-refractivity contribution >= 4 is 28.6 Å². The Bertz CT molecular complexity index is 916. The molecule has 0 saturated heterocycles. The van der Waals surface area contributed by atoms with E-state index in [4.69, 9.17) is 4.74 Å². The Morgan fingerprint density at radius 1 is 1.28 bits per heavy atom. The summed E-state index contributed by atoms with van der Waals surface area (Å²) in [6.07, 6.45) is 0.876. The highest BCUT2D eigenvalue weighted by Gasteiger charge is 2.25. The van der Waals surface area contributed by atoms with Gasteiger partial charge in [0.15, 0.2) is 0 Å². The van der Waals surface area contributed by atoms with Gasteiger partial charge in [0, 0.05) is 13.1 Å². The fourth-order valence-electron chi connectivity index (χ4n) is 3.08. The van der Waals surface area contributed by atoms with Crippen LogP contribution in [0.4, 0.5) is 0 Å². The Morgan fingerprint density at radius 2 is 2.16 bits per heavy atom. The average molecular weight is 370 g/mol. The van der Waals surface area contributed by atoms with Crippen molar-refractivity contribution in [3.05, 3.63) is 57.4 Å². The Morgan fingerprint density at radius 3 is 2.92 bits per heavy atom. The van der Waals surface area contributed by atoms with Crippen LogP contribution in [0.15, 0.2) is 35.7 Å². The molecule has 1 aromatic carbocycles. The molecule has 0 atom stereocenters. The zero-order valence-corrected chi connectivity index (χ0v) is 15.7. The first-order valence-corrected chi connectivity index (χ1v) is 9.81. The predicted octanol–water partition coefficient (Wildman–Crippen LogP) is 4.39. The number of thiazole rings is 1. The lowest BCUT2D eigenvalue weighted by Crippen LogP contribution is -2.35. The van der Waals surface area contributed by atoms with E-state index in [0.29, 0.717) is 6.54 Å². The fourth-order valence-corrected chi connectivity index (χ4v) is 4.91. The molecule has 6 heteroatoms. The molecule has 2 aromatic heterocycles. The van der Waals surface area contributed by atoms with Crippen LogP contribution in [0.2, 0.25) is 0 Å². The summed E-state index contributed by atoms with van der Waals surface area (Å²) >= 11 is 3.14. The maximum Gasteiger partial charge on any atom is 0.266 e. The fraction of sp³-hybridized carbons (Fsp3) is 0.263. The van der Waals surface area contributed by atoms with Gasteiger partial charge in [-0.2, -0.15) is 0 Å². The van der Waals surface area contributed by atoms with E-state index < -0.39 is 0 Å². The molecule has 4 nitrogen and oxygen atoms in total. The third-order valence-corrected chi connectivity index (χ3v) is 6.62. The van der Waals surface area contributed by atoms with E-state index in [-0.39, 0.29) is 5.91 Å². The molecule has 25 heavy (non-hydrogen) atoms. The number of benzene rings is 1. The standard InChI is InChI=1S/C19H18N2O2S2/c1-12-17(25-18(20-12)16-4-3-9-24-16)19(22)21-8-7-13-5-6-15(23-2)10-14(13)11-21/h3-6,9-10H,7-8,11H2,1-2H3. The van der Waals surface area contributed by atoms with Crippen LogP contribution in [0.3, 0.4) is 0 Å². The van der Waals surface area contributed by atoms with Crippen molar-refractivity contribution < 1.29 is 9.53 Å². The number of aromatic nitrogens is 1. The lowest BCUT2D eigenvalue weighted by Gasteiger charge is -2.29. The second kappa shape index (κ2) is 6.61. The summed E-state index contributed by atoms with van der Waals surface area (Å²) < 4.78 is 5.31. The van der Waals surface area contributed by atoms with Gasteiger partial charge >= 0.3 is 0 Å². The van der Waals surface area contributed by atoms with Gasteiger partial charge < -0.3 is 9.64 Å². The molecule has 3 aromatic rings. The first-order chi connectivity index (χ1) is 12.2. The van der Waals surface area contributed by atoms with Crippen molar-refractivity contribution in [1.29, 1.82) is 0 Å². The minimum absolute atomic E-state index is 0.0753. The first kappa shape index (κ1) is 16.3. The number of hydrogen-bond donors (Lipinski definition) is 0. The van der Waals surface area contributed by atoms with E-state index in [1.807, 2.05) is 41.5 Å². The van der Waals surface area contributed by atoms with Crippen LogP contribution in [0, 0.1) is 6.92 Å². The molecule has 3 heterocycles. The summed E-state index contributed by atoms with van der Waals surface area (Å²) in [5.41, 5.74) is 3.28. The van der Waals surface area contributed by atoms with Gasteiger partial charge in [-0.25, -0.2) is 4.98 Å². The number of thiophene rings is 1. The Balaban J connectivity index is 1.59. The van der Waals surface area contributed by atoms with Gasteiger partial charge in [-0.15, -0.1) is 22.7 Å². The lowest BCUT2D eigenvalue weighted by atomic mass is 9.99. The molecule has 0 bridgehead atoms. The molecule has 4 rings (SSSR count). The topological polar surface area (TPSA) is 42.4 Å². The molecular formula is C19H18N2O2S2. The second-order valence-corrected chi connectivity index (χ2v) is 7.97. The van der Waals surface area contributed by atoms with E-state index in [2.05, 4.69) is 11.1 Å². The van der Waals surface area contributed by atoms with Crippen LogP contribution in [-0.2, 0) is 13.0 Å². The molecule has 0 fully saturated rings. The van der Waals surface area contributed by atoms with E-state index in [1.165, 1.54) is 22.5 Å². The Kier molecular flexibility index (Phi) is 4.31. The van der Waals surface area contributed by atoms with E-state index in [0.717, 1.165) is 39.2 Å². The van der Waals surface area contributed by atoms with Crippen LogP contribution >= 0.6 is 22.7 Å². The third-order valence-electron chi connectivity index (χ3n) is 4.44. The van der Waals surface area contributed by atoms with Gasteiger partial charge in [0.2, 0.25) is 0 Å². The number of amides is 1. The lowest BCUT2D eigenvalue weighted by molar-refractivity contribution is 0.0738. The van der Waals surface area contributed by atoms with Crippen molar-refractivity contribution in [3.63, 3.8) is 0 Å². The molecule has 1 aliphatic heterocycles. The van der Waals surface area contributed by atoms with Gasteiger partial charge in [-0.1, -0.05) is 12.1 Å². The number of ether oxygens (including phenoxy) is 1. The van der Waals surface area contributed by atoms with Crippen LogP contribution < -0.4 is 4.74 Å². The summed E-state index contributed by atoms with van der Waals surface area (Å²) in [7, 11) is 1.67. The zero-order valence-electron chi connectivity index (χ0n) is 14.1. The van der Waals surface area contributed by atoms with Gasteiger partial charge in [0.1, 0.15) is 15.6 Å². The molecule has 0 spiro atoms. The van der Waals surface area contributed by atoms with E-state index >= 15 is 0 Å². The molecule has 1 aliphatic rings. The van der Waals surface area contributed by atoms with Crippen molar-refractivity contribution in [2.24, 2.45) is 0 Å². The maximum atomic E-state index is 13.0. The molecule has 1 amide bonds. The van der Waals surface area contributed by atoms with E-state index in [1.54, 1.807) is 18.4 Å². The smallest absolute Gasteiger partial charge is 0.266 e. The highest BCUT2D eigenvalue weighted by atomic mass is 32.1. The second-order valence-electron chi connectivity index (χ2n) is 6.02. The number of fused-ring (bicyclic) bond motifs is 1. The van der Waals surface area contributed by atoms with Crippen molar-refractivity contribution in [3.8, 4) is 15.6 Å². The number of methoxy groups -OCH3 is 1. The number of carbonyl (C=O) groups excluding carboxylic acids is 1. The predicted molar refractivity (Wildman–Crippen MR) is 102 cm³/mol. The number of carbonyl (C=O) groups is 1. The molecule has 128 valence electrons. The molecule has 0 saturated carbocycles. The summed E-state index contributed by atoms with van der Waals surface area (Å²) in [5.74, 6) is 0.910. The monoisotopic (exact) mass is 370 g/mol. The Labute approximate surface area is 154 Å². The summed E-state index contributed by atoms with van der Waals surface area (Å²) in [4.78, 5) is 21.4. The van der Waals surface area contributed by atoms with E-state index in [9.17, 15) is 4.79 Å². The molecule has 0 aliphatic carbocycles. The van der Waals surface area contributed by atoms with Crippen molar-refractivity contribution in [2.75, 3.05) is 13.7 Å². The SMILES string of the molecule is COc1ccc2c(c1)CN(C(=O)c1sc(-c3cccs3)nc1C)CC2. The quantitative estimate of drug-likeness (QED) is 0.687. The zero-order chi connectivity index (χ0) is 17.4. The minimum atomic E-state index is 0.0753. The van der Waals surface area contributed by atoms with Gasteiger partial charge in [-0.05, 0) is 48.1 Å². The minimum Gasteiger partial charge on any atom is -0.497 e. The molecular weight excluding hydrogens is 352 g/mol. The highest BCUT2D eigenvalue weighted by Crippen LogP contribution is 2.33. The number of rotatable bonds is 3. The summed E-state index contributed by atoms with van der Waals surface area (Å²) in [6.45, 7) is 3.28. The Hall–Kier alpha value is -2.18. The van der Waals surface area contributed by atoms with Crippen LogP contribution in [0.5, 0.6) is 5.75 Å². The summed E-state index contributed by atoms with van der Waals surface area (Å²) in [5, 5.41) is 2.96. The number of nitrogens with zero attached hydrogens (tertiary/aromatic N) is 2. The van der Waals surface area contributed by atoms with Gasteiger partial charge in [-0.3, -0.25) is 4.79 Å². The largest absolute Gasteiger partial charge is 0.497 e. The third kappa shape index (κ3) is 3.07.